The van der Waals surface area contributed by atoms with Gasteiger partial charge in [-0.2, -0.15) is 0 Å². The number of Topliss-reactive ketones (excluding diaryl/α,β-unsaturated/α-hetero) is 1. The number of aliphatic hydroxyl groups is 1. The first-order valence-corrected chi connectivity index (χ1v) is 5.79. The van der Waals surface area contributed by atoms with Gasteiger partial charge in [0.05, 0.1) is 16.4 Å². The Bertz CT molecular complexity index is 327. The van der Waals surface area contributed by atoms with Gasteiger partial charge in [0, 0.05) is 0 Å². The van der Waals surface area contributed by atoms with Crippen LogP contribution >= 0.6 is 11.3 Å². The van der Waals surface area contributed by atoms with E-state index in [0.29, 0.717) is 0 Å². The van der Waals surface area contributed by atoms with Gasteiger partial charge in [-0.05, 0) is 37.6 Å². The summed E-state index contributed by atoms with van der Waals surface area (Å²) in [4.78, 5) is 12.7. The van der Waals surface area contributed by atoms with Crippen LogP contribution < -0.4 is 0 Å². The first kappa shape index (κ1) is 9.87. The molecule has 1 aromatic heterocycles. The Morgan fingerprint density at radius 3 is 3.00 bits per heavy atom. The Balaban J connectivity index is 2.20. The predicted molar refractivity (Wildman–Crippen MR) is 56.6 cm³/mol. The maximum atomic E-state index is 12.0. The summed E-state index contributed by atoms with van der Waals surface area (Å²) in [6.07, 6.45) is 2.52. The van der Waals surface area contributed by atoms with Gasteiger partial charge in [-0.3, -0.25) is 4.79 Å². The lowest BCUT2D eigenvalue weighted by molar-refractivity contribution is 0.0227. The molecule has 76 valence electrons. The lowest BCUT2D eigenvalue weighted by Gasteiger charge is -2.23. The van der Waals surface area contributed by atoms with Crippen molar-refractivity contribution in [3.8, 4) is 0 Å². The van der Waals surface area contributed by atoms with Crippen molar-refractivity contribution in [1.29, 1.82) is 0 Å². The molecule has 1 saturated carbocycles. The number of carbonyl (C=O) groups excluding carboxylic acids is 1. The quantitative estimate of drug-likeness (QED) is 0.761. The van der Waals surface area contributed by atoms with Crippen LogP contribution in [0.4, 0.5) is 0 Å². The number of carbonyl (C=O) groups is 1. The lowest BCUT2D eigenvalue weighted by atomic mass is 9.88. The van der Waals surface area contributed by atoms with E-state index in [0.717, 1.165) is 24.1 Å². The number of ketones is 1. The fourth-order valence-electron chi connectivity index (χ4n) is 2.15. The third-order valence-electron chi connectivity index (χ3n) is 3.01. The van der Waals surface area contributed by atoms with E-state index in [1.165, 1.54) is 11.3 Å². The molecule has 1 aromatic rings. The first-order valence-electron chi connectivity index (χ1n) is 4.91. The summed E-state index contributed by atoms with van der Waals surface area (Å²) in [6.45, 7) is 1.77. The zero-order valence-corrected chi connectivity index (χ0v) is 9.01. The number of rotatable bonds is 2. The molecule has 0 amide bonds. The highest BCUT2D eigenvalue weighted by Gasteiger charge is 2.41. The summed E-state index contributed by atoms with van der Waals surface area (Å²) < 4.78 is 0. The van der Waals surface area contributed by atoms with Crippen molar-refractivity contribution in [1.82, 2.24) is 0 Å². The van der Waals surface area contributed by atoms with Crippen LogP contribution in [0.2, 0.25) is 0 Å². The third-order valence-corrected chi connectivity index (χ3v) is 3.89. The molecule has 2 atom stereocenters. The minimum absolute atomic E-state index is 0.113. The van der Waals surface area contributed by atoms with Crippen molar-refractivity contribution >= 4 is 17.1 Å². The second-order valence-electron chi connectivity index (χ2n) is 4.14. The molecule has 1 aliphatic rings. The molecule has 2 rings (SSSR count). The summed E-state index contributed by atoms with van der Waals surface area (Å²) in [5.74, 6) is -0.0800. The van der Waals surface area contributed by atoms with Crippen molar-refractivity contribution in [3.05, 3.63) is 22.4 Å². The molecule has 2 nitrogen and oxygen atoms in total. The van der Waals surface area contributed by atoms with Crippen molar-refractivity contribution < 1.29 is 9.90 Å². The second kappa shape index (κ2) is 3.48. The maximum absolute atomic E-state index is 12.0. The van der Waals surface area contributed by atoms with Gasteiger partial charge in [0.2, 0.25) is 0 Å². The number of hydrogen-bond acceptors (Lipinski definition) is 3. The van der Waals surface area contributed by atoms with E-state index in [9.17, 15) is 9.90 Å². The summed E-state index contributed by atoms with van der Waals surface area (Å²) in [6, 6.07) is 3.71. The van der Waals surface area contributed by atoms with Crippen molar-refractivity contribution in [3.63, 3.8) is 0 Å². The highest BCUT2D eigenvalue weighted by atomic mass is 32.1. The van der Waals surface area contributed by atoms with Crippen LogP contribution in [0.15, 0.2) is 17.5 Å². The molecule has 14 heavy (non-hydrogen) atoms. The van der Waals surface area contributed by atoms with E-state index in [4.69, 9.17) is 0 Å². The molecular formula is C11H14O2S. The predicted octanol–water partition coefficient (Wildman–Crippen LogP) is 2.48. The lowest BCUT2D eigenvalue weighted by Crippen LogP contribution is -2.34. The fraction of sp³-hybridized carbons (Fsp3) is 0.545. The molecule has 1 heterocycles. The Labute approximate surface area is 87.6 Å². The van der Waals surface area contributed by atoms with Gasteiger partial charge in [0.25, 0.3) is 0 Å². The molecule has 0 spiro atoms. The molecule has 0 unspecified atom stereocenters. The van der Waals surface area contributed by atoms with E-state index in [1.54, 1.807) is 6.92 Å². The van der Waals surface area contributed by atoms with Crippen LogP contribution in [0.3, 0.4) is 0 Å². The summed E-state index contributed by atoms with van der Waals surface area (Å²) >= 11 is 1.46. The van der Waals surface area contributed by atoms with Gasteiger partial charge in [-0.15, -0.1) is 11.3 Å². The molecule has 0 aliphatic heterocycles. The van der Waals surface area contributed by atoms with Crippen molar-refractivity contribution in [2.24, 2.45) is 5.92 Å². The summed E-state index contributed by atoms with van der Waals surface area (Å²) in [5.41, 5.74) is -0.791. The summed E-state index contributed by atoms with van der Waals surface area (Å²) in [5, 5.41) is 11.9. The normalized spacial score (nSPS) is 32.0. The monoisotopic (exact) mass is 210 g/mol. The minimum atomic E-state index is -0.791. The molecule has 0 aromatic carbocycles. The maximum Gasteiger partial charge on any atom is 0.178 e. The smallest absolute Gasteiger partial charge is 0.178 e. The molecule has 3 heteroatoms. The van der Waals surface area contributed by atoms with Gasteiger partial charge < -0.3 is 5.11 Å². The Hall–Kier alpha value is -0.670. The number of hydrogen-bond donors (Lipinski definition) is 1. The van der Waals surface area contributed by atoms with Gasteiger partial charge in [0.15, 0.2) is 5.78 Å². The highest BCUT2D eigenvalue weighted by Crippen LogP contribution is 2.37. The second-order valence-corrected chi connectivity index (χ2v) is 5.09. The molecule has 1 aliphatic carbocycles. The van der Waals surface area contributed by atoms with Gasteiger partial charge in [-0.25, -0.2) is 0 Å². The largest absolute Gasteiger partial charge is 0.389 e. The molecule has 0 bridgehead atoms. The van der Waals surface area contributed by atoms with Crippen LogP contribution in [0.25, 0.3) is 0 Å². The van der Waals surface area contributed by atoms with E-state index in [1.807, 2.05) is 17.5 Å². The Kier molecular flexibility index (Phi) is 2.45. The molecule has 1 N–H and O–H groups in total. The highest BCUT2D eigenvalue weighted by molar-refractivity contribution is 7.12. The fourth-order valence-corrected chi connectivity index (χ4v) is 2.87. The number of thiophene rings is 1. The molecule has 0 saturated heterocycles. The standard InChI is InChI=1S/C11H14O2S/c1-11(13)6-2-4-8(11)10(12)9-5-3-7-14-9/h3,5,7-8,13H,2,4,6H2,1H3/t8-,11-/m0/s1. The van der Waals surface area contributed by atoms with E-state index < -0.39 is 5.60 Å². The Morgan fingerprint density at radius 2 is 2.50 bits per heavy atom. The average Bonchev–Trinajstić information content (AvgIpc) is 2.71. The van der Waals surface area contributed by atoms with E-state index >= 15 is 0 Å². The topological polar surface area (TPSA) is 37.3 Å². The van der Waals surface area contributed by atoms with Gasteiger partial charge in [0.1, 0.15) is 0 Å². The molecule has 1 fully saturated rings. The van der Waals surface area contributed by atoms with Gasteiger partial charge in [-0.1, -0.05) is 6.07 Å². The van der Waals surface area contributed by atoms with Crippen LogP contribution in [0.1, 0.15) is 35.9 Å². The van der Waals surface area contributed by atoms with Crippen molar-refractivity contribution in [2.45, 2.75) is 31.8 Å². The third kappa shape index (κ3) is 1.62. The molecule has 0 radical (unpaired) electrons. The van der Waals surface area contributed by atoms with Crippen LogP contribution in [0.5, 0.6) is 0 Å². The minimum Gasteiger partial charge on any atom is -0.389 e. The van der Waals surface area contributed by atoms with E-state index in [2.05, 4.69) is 0 Å². The first-order chi connectivity index (χ1) is 6.61. The zero-order valence-electron chi connectivity index (χ0n) is 8.19. The van der Waals surface area contributed by atoms with Crippen LogP contribution in [-0.4, -0.2) is 16.5 Å². The SMILES string of the molecule is C[C@]1(O)CCC[C@H]1C(=O)c1cccs1. The Morgan fingerprint density at radius 1 is 1.71 bits per heavy atom. The van der Waals surface area contributed by atoms with E-state index in [-0.39, 0.29) is 11.7 Å². The summed E-state index contributed by atoms with van der Waals surface area (Å²) in [7, 11) is 0. The van der Waals surface area contributed by atoms with Gasteiger partial charge >= 0.3 is 0 Å². The zero-order chi connectivity index (χ0) is 10.2. The van der Waals surface area contributed by atoms with Crippen molar-refractivity contribution in [2.75, 3.05) is 0 Å². The van der Waals surface area contributed by atoms with Crippen LogP contribution in [0, 0.1) is 5.92 Å². The average molecular weight is 210 g/mol. The molecular weight excluding hydrogens is 196 g/mol. The van der Waals surface area contributed by atoms with Crippen LogP contribution in [-0.2, 0) is 0 Å².